The van der Waals surface area contributed by atoms with E-state index in [0.717, 1.165) is 10.4 Å². The molecule has 0 aliphatic carbocycles. The Morgan fingerprint density at radius 3 is 3.18 bits per heavy atom. The maximum absolute atomic E-state index is 4.14. The number of rotatable bonds is 1. The van der Waals surface area contributed by atoms with Crippen molar-refractivity contribution in [3.8, 4) is 0 Å². The maximum Gasteiger partial charge on any atom is 0.0806 e. The Balaban J connectivity index is 2.76. The van der Waals surface area contributed by atoms with Gasteiger partial charge in [-0.15, -0.1) is 11.7 Å². The summed E-state index contributed by atoms with van der Waals surface area (Å²) in [5, 5.41) is 4.14. The Morgan fingerprint density at radius 1 is 1.45 bits per heavy atom. The van der Waals surface area contributed by atoms with Crippen molar-refractivity contribution in [2.75, 3.05) is 0 Å². The van der Waals surface area contributed by atoms with E-state index in [4.69, 9.17) is 0 Å². The molecule has 0 aliphatic rings. The van der Waals surface area contributed by atoms with Crippen LogP contribution in [0, 0.1) is 0 Å². The van der Waals surface area contributed by atoms with Crippen LogP contribution in [-0.2, 0) is 0 Å². The van der Waals surface area contributed by atoms with Crippen LogP contribution in [0.1, 0.15) is 0 Å². The Hall–Kier alpha value is -0.610. The topological polar surface area (TPSA) is 17.3 Å². The Labute approximate surface area is 73.4 Å². The highest BCUT2D eigenvalue weighted by atomic mass is 33.1. The van der Waals surface area contributed by atoms with Gasteiger partial charge in [0.05, 0.1) is 16.6 Å². The monoisotopic (exact) mass is 182 g/mol. The summed E-state index contributed by atoms with van der Waals surface area (Å²) in [6, 6.07) is 5.96. The number of pyridine rings is 1. The van der Waals surface area contributed by atoms with Crippen molar-refractivity contribution < 1.29 is 0 Å². The zero-order chi connectivity index (χ0) is 7.68. The van der Waals surface area contributed by atoms with Crippen molar-refractivity contribution in [3.63, 3.8) is 0 Å². The molecule has 0 bridgehead atoms. The van der Waals surface area contributed by atoms with E-state index in [0.29, 0.717) is 0 Å². The molecular formula is C7H6N2S2. The second-order valence-corrected chi connectivity index (χ2v) is 3.30. The van der Waals surface area contributed by atoms with Gasteiger partial charge in [0.1, 0.15) is 0 Å². The summed E-state index contributed by atoms with van der Waals surface area (Å²) in [5.41, 5.74) is 1.10. The summed E-state index contributed by atoms with van der Waals surface area (Å²) in [7, 11) is 1.42. The first-order valence-electron chi connectivity index (χ1n) is 3.15. The quantitative estimate of drug-likeness (QED) is 0.538. The van der Waals surface area contributed by atoms with Gasteiger partial charge in [-0.2, -0.15) is 5.10 Å². The lowest BCUT2D eigenvalue weighted by Gasteiger charge is -1.91. The van der Waals surface area contributed by atoms with Crippen molar-refractivity contribution in [3.05, 3.63) is 30.6 Å². The molecule has 0 aliphatic heterocycles. The Kier molecular flexibility index (Phi) is 1.79. The minimum atomic E-state index is 1.09. The molecule has 0 saturated carbocycles. The fourth-order valence-corrected chi connectivity index (χ4v) is 1.75. The first-order valence-corrected chi connectivity index (χ1v) is 5.02. The van der Waals surface area contributed by atoms with Crippen molar-refractivity contribution in [1.82, 2.24) is 9.61 Å². The standard InChI is InChI=1S/C7H6N2S2/c10-11-7-5-8-9-4-2-1-3-6(7)9/h1-5,10H. The first-order chi connectivity index (χ1) is 5.42. The maximum atomic E-state index is 4.14. The molecule has 0 radical (unpaired) electrons. The van der Waals surface area contributed by atoms with Crippen molar-refractivity contribution in [2.24, 2.45) is 0 Å². The van der Waals surface area contributed by atoms with E-state index in [-0.39, 0.29) is 0 Å². The molecule has 2 rings (SSSR count). The Bertz CT molecular complexity index is 369. The number of fused-ring (bicyclic) bond motifs is 1. The van der Waals surface area contributed by atoms with Crippen LogP contribution < -0.4 is 0 Å². The predicted octanol–water partition coefficient (Wildman–Crippen LogP) is 2.27. The van der Waals surface area contributed by atoms with Gasteiger partial charge >= 0.3 is 0 Å². The lowest BCUT2D eigenvalue weighted by molar-refractivity contribution is 0.961. The molecule has 2 heterocycles. The van der Waals surface area contributed by atoms with E-state index in [1.54, 1.807) is 0 Å². The average molecular weight is 182 g/mol. The molecule has 0 saturated heterocycles. The number of aromatic nitrogens is 2. The lowest BCUT2D eigenvalue weighted by Crippen LogP contribution is -1.82. The zero-order valence-corrected chi connectivity index (χ0v) is 7.35. The molecule has 0 N–H and O–H groups in total. The van der Waals surface area contributed by atoms with Gasteiger partial charge in [-0.25, -0.2) is 4.52 Å². The molecule has 0 aromatic carbocycles. The number of hydrogen-bond acceptors (Lipinski definition) is 3. The van der Waals surface area contributed by atoms with Crippen LogP contribution in [-0.4, -0.2) is 9.61 Å². The number of hydrogen-bond donors (Lipinski definition) is 1. The number of nitrogens with zero attached hydrogens (tertiary/aromatic N) is 2. The minimum absolute atomic E-state index is 1.09. The van der Waals surface area contributed by atoms with E-state index in [2.05, 4.69) is 16.8 Å². The van der Waals surface area contributed by atoms with Crippen LogP contribution in [0.25, 0.3) is 5.52 Å². The lowest BCUT2D eigenvalue weighted by atomic mass is 10.4. The van der Waals surface area contributed by atoms with E-state index >= 15 is 0 Å². The molecule has 2 aromatic rings. The highest BCUT2D eigenvalue weighted by Crippen LogP contribution is 2.25. The molecular weight excluding hydrogens is 176 g/mol. The van der Waals surface area contributed by atoms with Crippen molar-refractivity contribution >= 4 is 28.0 Å². The predicted molar refractivity (Wildman–Crippen MR) is 50.0 cm³/mol. The highest BCUT2D eigenvalue weighted by molar-refractivity contribution is 8.68. The van der Waals surface area contributed by atoms with Gasteiger partial charge in [-0.05, 0) is 12.1 Å². The van der Waals surface area contributed by atoms with Gasteiger partial charge in [0.2, 0.25) is 0 Å². The van der Waals surface area contributed by atoms with Crippen LogP contribution in [0.2, 0.25) is 0 Å². The summed E-state index contributed by atoms with van der Waals surface area (Å²) in [6.45, 7) is 0. The van der Waals surface area contributed by atoms with Gasteiger partial charge in [0, 0.05) is 6.20 Å². The fraction of sp³-hybridized carbons (Fsp3) is 0. The van der Waals surface area contributed by atoms with Crippen LogP contribution in [0.5, 0.6) is 0 Å². The summed E-state index contributed by atoms with van der Waals surface area (Å²) in [5.74, 6) is 0. The van der Waals surface area contributed by atoms with Crippen molar-refractivity contribution in [1.29, 1.82) is 0 Å². The van der Waals surface area contributed by atoms with Gasteiger partial charge in [0.15, 0.2) is 0 Å². The molecule has 0 amide bonds. The third-order valence-electron chi connectivity index (χ3n) is 1.49. The average Bonchev–Trinajstić information content (AvgIpc) is 2.47. The van der Waals surface area contributed by atoms with Gasteiger partial charge in [0.25, 0.3) is 0 Å². The molecule has 0 fully saturated rings. The molecule has 11 heavy (non-hydrogen) atoms. The molecule has 0 atom stereocenters. The van der Waals surface area contributed by atoms with E-state index in [1.165, 1.54) is 10.8 Å². The van der Waals surface area contributed by atoms with Gasteiger partial charge in [-0.1, -0.05) is 16.9 Å². The van der Waals surface area contributed by atoms with Gasteiger partial charge < -0.3 is 0 Å². The van der Waals surface area contributed by atoms with Crippen LogP contribution in [0.3, 0.4) is 0 Å². The second kappa shape index (κ2) is 2.79. The fourth-order valence-electron chi connectivity index (χ4n) is 0.981. The summed E-state index contributed by atoms with van der Waals surface area (Å²) in [4.78, 5) is 1.09. The second-order valence-electron chi connectivity index (χ2n) is 2.13. The van der Waals surface area contributed by atoms with Gasteiger partial charge in [-0.3, -0.25) is 0 Å². The summed E-state index contributed by atoms with van der Waals surface area (Å²) < 4.78 is 1.83. The van der Waals surface area contributed by atoms with E-state index in [9.17, 15) is 0 Å². The molecule has 0 spiro atoms. The largest absolute Gasteiger partial charge is 0.240 e. The summed E-state index contributed by atoms with van der Waals surface area (Å²) in [6.07, 6.45) is 3.73. The van der Waals surface area contributed by atoms with Crippen LogP contribution >= 0.6 is 22.5 Å². The highest BCUT2D eigenvalue weighted by Gasteiger charge is 1.99. The molecule has 56 valence electrons. The smallest absolute Gasteiger partial charge is 0.0806 e. The molecule has 0 unspecified atom stereocenters. The normalized spacial score (nSPS) is 10.6. The molecule has 2 nitrogen and oxygen atoms in total. The van der Waals surface area contributed by atoms with Crippen LogP contribution in [0.4, 0.5) is 0 Å². The third-order valence-corrected chi connectivity index (χ3v) is 2.59. The Morgan fingerprint density at radius 2 is 2.36 bits per heavy atom. The third kappa shape index (κ3) is 1.12. The van der Waals surface area contributed by atoms with E-state index in [1.807, 2.05) is 35.1 Å². The zero-order valence-electron chi connectivity index (χ0n) is 5.64. The molecule has 2 aromatic heterocycles. The first kappa shape index (κ1) is 7.06. The van der Waals surface area contributed by atoms with Crippen LogP contribution in [0.15, 0.2) is 35.5 Å². The minimum Gasteiger partial charge on any atom is -0.240 e. The number of thiol groups is 1. The van der Waals surface area contributed by atoms with E-state index < -0.39 is 0 Å². The van der Waals surface area contributed by atoms with Crippen molar-refractivity contribution in [2.45, 2.75) is 4.90 Å². The SMILES string of the molecule is SSc1cnn2ccccc12. The molecule has 4 heteroatoms. The summed E-state index contributed by atoms with van der Waals surface area (Å²) >= 11 is 4.12.